The first kappa shape index (κ1) is 31.3. The second kappa shape index (κ2) is 12.6. The highest BCUT2D eigenvalue weighted by Crippen LogP contribution is 2.62. The number of fused-ring (bicyclic) bond motifs is 1. The average molecular weight is 617 g/mol. The molecule has 0 bridgehead atoms. The Morgan fingerprint density at radius 1 is 1.22 bits per heavy atom. The van der Waals surface area contributed by atoms with E-state index in [1.165, 1.54) is 0 Å². The Morgan fingerprint density at radius 3 is 2.67 bits per heavy atom. The van der Waals surface area contributed by atoms with Crippen LogP contribution in [-0.2, 0) is 14.3 Å². The van der Waals surface area contributed by atoms with Crippen molar-refractivity contribution in [3.05, 3.63) is 71.9 Å². The molecule has 7 atom stereocenters. The summed E-state index contributed by atoms with van der Waals surface area (Å²) in [6.45, 7) is 11.9. The van der Waals surface area contributed by atoms with Gasteiger partial charge in [-0.2, -0.15) is 0 Å². The number of aliphatic hydroxyl groups excluding tert-OH is 2. The Hall–Kier alpha value is -3.64. The van der Waals surface area contributed by atoms with E-state index in [1.54, 1.807) is 30.7 Å². The highest BCUT2D eigenvalue weighted by molar-refractivity contribution is 5.95. The lowest BCUT2D eigenvalue weighted by Crippen LogP contribution is -2.62. The van der Waals surface area contributed by atoms with E-state index in [-0.39, 0.29) is 35.8 Å². The highest BCUT2D eigenvalue weighted by atomic mass is 16.5. The van der Waals surface area contributed by atoms with Gasteiger partial charge in [0, 0.05) is 48.7 Å². The van der Waals surface area contributed by atoms with Gasteiger partial charge in [-0.05, 0) is 67.2 Å². The largest absolute Gasteiger partial charge is 0.423 e. The molecule has 1 saturated heterocycles. The van der Waals surface area contributed by atoms with Gasteiger partial charge in [0.25, 0.3) is 0 Å². The van der Waals surface area contributed by atoms with Crippen LogP contribution < -0.4 is 11.1 Å². The lowest BCUT2D eigenvalue weighted by atomic mass is 9.45. The molecule has 0 aromatic carbocycles. The van der Waals surface area contributed by atoms with Crippen molar-refractivity contribution >= 4 is 23.8 Å². The number of nitrogens with zero attached hydrogens (tertiary/aromatic N) is 4. The van der Waals surface area contributed by atoms with Crippen molar-refractivity contribution in [2.24, 2.45) is 22.7 Å². The van der Waals surface area contributed by atoms with Gasteiger partial charge in [-0.25, -0.2) is 19.7 Å². The van der Waals surface area contributed by atoms with E-state index in [0.29, 0.717) is 48.8 Å². The standard InChI is InChI=1S/C34H44N6O5/c1-21-25(33(2)8-7-29(42)34(3,20-41)28(33)17-27(21)40-10-12-44-13-11-40)16-26(39-30-6-4-5-9-36-30)24-15-23(45-31(24)43)14-22-18-37-32(35)38-19-22/h4-6,9,14-15,18-19,25-29,41-42H,1,7-8,10-13,16-17,20H2,2-3H3,(H,36,39)(H2,35,37,38)/b23-14+/t25?,26?,27?,28?,29-,33-,34+/m1/s1. The Balaban J connectivity index is 1.39. The molecule has 2 aromatic rings. The van der Waals surface area contributed by atoms with Crippen LogP contribution in [0.25, 0.3) is 6.08 Å². The van der Waals surface area contributed by atoms with Crippen LogP contribution >= 0.6 is 0 Å². The molecule has 2 aliphatic carbocycles. The maximum absolute atomic E-state index is 13.5. The van der Waals surface area contributed by atoms with Crippen LogP contribution in [0.1, 0.15) is 45.1 Å². The SMILES string of the molecule is C=C1C(N2CCOCC2)CC2[C@](C)(CC[C@@H](O)[C@@]2(C)CO)C1CC(Nc1ccccn1)C1=C/C(=C\c2cnc(N)nc2)OC1=O. The zero-order chi connectivity index (χ0) is 31.8. The van der Waals surface area contributed by atoms with Crippen LogP contribution in [0, 0.1) is 22.7 Å². The van der Waals surface area contributed by atoms with E-state index >= 15 is 0 Å². The summed E-state index contributed by atoms with van der Waals surface area (Å²) in [4.78, 5) is 28.5. The summed E-state index contributed by atoms with van der Waals surface area (Å²) in [6, 6.07) is 5.25. The van der Waals surface area contributed by atoms with Gasteiger partial charge in [0.2, 0.25) is 5.95 Å². The highest BCUT2D eigenvalue weighted by Gasteiger charge is 2.60. The fourth-order valence-electron chi connectivity index (χ4n) is 8.27. The molecule has 0 radical (unpaired) electrons. The smallest absolute Gasteiger partial charge is 0.341 e. The molecular formula is C34H44N6O5. The predicted octanol–water partition coefficient (Wildman–Crippen LogP) is 3.20. The van der Waals surface area contributed by atoms with Crippen LogP contribution in [0.5, 0.6) is 0 Å². The number of carbonyl (C=O) groups is 1. The van der Waals surface area contributed by atoms with E-state index in [1.807, 2.05) is 25.1 Å². The minimum atomic E-state index is -0.664. The van der Waals surface area contributed by atoms with Gasteiger partial charge in [-0.15, -0.1) is 0 Å². The van der Waals surface area contributed by atoms with E-state index < -0.39 is 23.5 Å². The number of carbonyl (C=O) groups excluding carboxylic acids is 1. The van der Waals surface area contributed by atoms with Gasteiger partial charge in [0.15, 0.2) is 0 Å². The fraction of sp³-hybridized carbons (Fsp3) is 0.529. The zero-order valence-electron chi connectivity index (χ0n) is 26.1. The van der Waals surface area contributed by atoms with E-state index in [9.17, 15) is 15.0 Å². The van der Waals surface area contributed by atoms with Gasteiger partial charge in [0.1, 0.15) is 11.6 Å². The zero-order valence-corrected chi connectivity index (χ0v) is 26.1. The molecule has 4 unspecified atom stereocenters. The Kier molecular flexibility index (Phi) is 8.80. The van der Waals surface area contributed by atoms with Crippen molar-refractivity contribution in [2.75, 3.05) is 44.0 Å². The van der Waals surface area contributed by atoms with Crippen LogP contribution in [0.3, 0.4) is 0 Å². The second-order valence-corrected chi connectivity index (χ2v) is 13.4. The first-order chi connectivity index (χ1) is 21.6. The van der Waals surface area contributed by atoms with Crippen molar-refractivity contribution in [2.45, 2.75) is 57.7 Å². The molecule has 4 aliphatic rings. The van der Waals surface area contributed by atoms with Crippen molar-refractivity contribution in [1.29, 1.82) is 0 Å². The first-order valence-electron chi connectivity index (χ1n) is 15.8. The third-order valence-corrected chi connectivity index (χ3v) is 10.8. The van der Waals surface area contributed by atoms with E-state index in [0.717, 1.165) is 31.5 Å². The summed E-state index contributed by atoms with van der Waals surface area (Å²) < 4.78 is 11.4. The molecular weight excluding hydrogens is 572 g/mol. The quantitative estimate of drug-likeness (QED) is 0.255. The molecule has 2 aromatic heterocycles. The lowest BCUT2D eigenvalue weighted by Gasteiger charge is -2.62. The molecule has 2 aliphatic heterocycles. The number of nitrogen functional groups attached to an aromatic ring is 1. The van der Waals surface area contributed by atoms with Gasteiger partial charge in [-0.1, -0.05) is 32.1 Å². The second-order valence-electron chi connectivity index (χ2n) is 13.4. The molecule has 11 heteroatoms. The topological polar surface area (TPSA) is 156 Å². The van der Waals surface area contributed by atoms with Crippen LogP contribution in [0.2, 0.25) is 0 Å². The normalized spacial score (nSPS) is 33.8. The Morgan fingerprint density at radius 2 is 1.98 bits per heavy atom. The maximum atomic E-state index is 13.5. The Labute approximate surface area is 264 Å². The summed E-state index contributed by atoms with van der Waals surface area (Å²) in [5.41, 5.74) is 6.98. The van der Waals surface area contributed by atoms with Crippen LogP contribution in [0.15, 0.2) is 66.3 Å². The van der Waals surface area contributed by atoms with E-state index in [2.05, 4.69) is 32.1 Å². The summed E-state index contributed by atoms with van der Waals surface area (Å²) in [7, 11) is 0. The van der Waals surface area contributed by atoms with Gasteiger partial charge >= 0.3 is 5.97 Å². The molecule has 5 N–H and O–H groups in total. The fourth-order valence-corrected chi connectivity index (χ4v) is 8.27. The number of nitrogens with two attached hydrogens (primary N) is 1. The van der Waals surface area contributed by atoms with Gasteiger partial charge < -0.3 is 30.7 Å². The van der Waals surface area contributed by atoms with Crippen LogP contribution in [-0.4, -0.2) is 87.1 Å². The van der Waals surface area contributed by atoms with Crippen molar-refractivity contribution in [3.8, 4) is 0 Å². The number of cyclic esters (lactones) is 1. The summed E-state index contributed by atoms with van der Waals surface area (Å²) >= 11 is 0. The van der Waals surface area contributed by atoms with Gasteiger partial charge in [0.05, 0.1) is 37.5 Å². The third-order valence-electron chi connectivity index (χ3n) is 10.8. The number of allylic oxidation sites excluding steroid dienone is 1. The number of aromatic nitrogens is 3. The molecule has 240 valence electrons. The van der Waals surface area contributed by atoms with Crippen molar-refractivity contribution < 1.29 is 24.5 Å². The number of morpholine rings is 1. The Bertz CT molecular complexity index is 1460. The molecule has 6 rings (SSSR count). The third kappa shape index (κ3) is 6.02. The van der Waals surface area contributed by atoms with Gasteiger partial charge in [-0.3, -0.25) is 4.90 Å². The van der Waals surface area contributed by atoms with Crippen molar-refractivity contribution in [1.82, 2.24) is 19.9 Å². The lowest BCUT2D eigenvalue weighted by molar-refractivity contribution is -0.163. The first-order valence-corrected chi connectivity index (χ1v) is 15.8. The molecule has 2 saturated carbocycles. The minimum absolute atomic E-state index is 0.0306. The molecule has 11 nitrogen and oxygen atoms in total. The number of pyridine rings is 1. The van der Waals surface area contributed by atoms with Crippen LogP contribution in [0.4, 0.5) is 11.8 Å². The molecule has 3 fully saturated rings. The molecule has 0 spiro atoms. The number of nitrogens with one attached hydrogen (secondary N) is 1. The molecule has 4 heterocycles. The number of rotatable bonds is 8. The maximum Gasteiger partial charge on any atom is 0.341 e. The number of esters is 1. The summed E-state index contributed by atoms with van der Waals surface area (Å²) in [5, 5.41) is 25.5. The molecule has 45 heavy (non-hydrogen) atoms. The number of hydrogen-bond acceptors (Lipinski definition) is 11. The summed E-state index contributed by atoms with van der Waals surface area (Å²) in [6.07, 6.45) is 10.5. The molecule has 0 amide bonds. The number of aliphatic hydroxyl groups is 2. The number of ether oxygens (including phenoxy) is 2. The number of anilines is 2. The monoisotopic (exact) mass is 616 g/mol. The number of hydrogen-bond donors (Lipinski definition) is 4. The van der Waals surface area contributed by atoms with Crippen molar-refractivity contribution in [3.63, 3.8) is 0 Å². The minimum Gasteiger partial charge on any atom is -0.423 e. The van der Waals surface area contributed by atoms with E-state index in [4.69, 9.17) is 21.8 Å². The summed E-state index contributed by atoms with van der Waals surface area (Å²) in [5.74, 6) is 0.770. The average Bonchev–Trinajstić information content (AvgIpc) is 3.42. The predicted molar refractivity (Wildman–Crippen MR) is 170 cm³/mol.